The maximum atomic E-state index is 12.8. The quantitative estimate of drug-likeness (QED) is 0.544. The number of hydrogen-bond acceptors (Lipinski definition) is 7. The molecule has 3 rings (SSSR count). The van der Waals surface area contributed by atoms with Crippen LogP contribution in [0.15, 0.2) is 42.5 Å². The lowest BCUT2D eigenvalue weighted by Gasteiger charge is -2.35. The van der Waals surface area contributed by atoms with E-state index in [1.54, 1.807) is 12.1 Å². The number of nitrogens with zero attached hydrogens (tertiary/aromatic N) is 2. The number of amides is 2. The molecule has 1 aliphatic heterocycles. The number of carbonyl (C=O) groups excluding carboxylic acids is 2. The van der Waals surface area contributed by atoms with Crippen molar-refractivity contribution in [3.05, 3.63) is 53.6 Å². The Balaban J connectivity index is 1.63. The summed E-state index contributed by atoms with van der Waals surface area (Å²) < 4.78 is 15.9. The van der Waals surface area contributed by atoms with E-state index in [4.69, 9.17) is 14.2 Å². The van der Waals surface area contributed by atoms with Crippen LogP contribution in [0.4, 0.5) is 0 Å². The van der Waals surface area contributed by atoms with Gasteiger partial charge >= 0.3 is 0 Å². The monoisotopic (exact) mass is 470 g/mol. The topological polar surface area (TPSA) is 92.4 Å². The summed E-state index contributed by atoms with van der Waals surface area (Å²) in [4.78, 5) is 30.2. The van der Waals surface area contributed by atoms with Gasteiger partial charge in [-0.05, 0) is 24.7 Å². The number of piperazine rings is 1. The fourth-order valence-electron chi connectivity index (χ4n) is 3.93. The summed E-state index contributed by atoms with van der Waals surface area (Å²) in [5.41, 5.74) is 1.34. The van der Waals surface area contributed by atoms with Crippen LogP contribution in [-0.4, -0.2) is 89.3 Å². The fourth-order valence-corrected chi connectivity index (χ4v) is 3.93. The first-order valence-electron chi connectivity index (χ1n) is 11.3. The fraction of sp³-hybridized carbons (Fsp3) is 0.440. The van der Waals surface area contributed by atoms with Gasteiger partial charge < -0.3 is 29.7 Å². The lowest BCUT2D eigenvalue weighted by atomic mass is 10.1. The Morgan fingerprint density at radius 1 is 0.941 bits per heavy atom. The van der Waals surface area contributed by atoms with Crippen molar-refractivity contribution in [2.45, 2.75) is 6.04 Å². The summed E-state index contributed by atoms with van der Waals surface area (Å²) in [6, 6.07) is 12.8. The predicted molar refractivity (Wildman–Crippen MR) is 130 cm³/mol. The van der Waals surface area contributed by atoms with Crippen LogP contribution in [0.25, 0.3) is 0 Å². The largest absolute Gasteiger partial charge is 0.493 e. The van der Waals surface area contributed by atoms with Crippen molar-refractivity contribution in [2.24, 2.45) is 0 Å². The van der Waals surface area contributed by atoms with Crippen molar-refractivity contribution in [2.75, 3.05) is 67.6 Å². The van der Waals surface area contributed by atoms with Gasteiger partial charge in [0, 0.05) is 38.3 Å². The zero-order valence-electron chi connectivity index (χ0n) is 20.3. The first-order chi connectivity index (χ1) is 16.4. The van der Waals surface area contributed by atoms with Gasteiger partial charge in [-0.3, -0.25) is 14.5 Å². The summed E-state index contributed by atoms with van der Waals surface area (Å²) in [7, 11) is 6.58. The highest BCUT2D eigenvalue weighted by Crippen LogP contribution is 2.38. The molecule has 1 atom stereocenters. The molecule has 1 heterocycles. The van der Waals surface area contributed by atoms with Crippen LogP contribution in [0.2, 0.25) is 0 Å². The van der Waals surface area contributed by atoms with Crippen LogP contribution in [0.3, 0.4) is 0 Å². The molecule has 1 fully saturated rings. The molecular weight excluding hydrogens is 436 g/mol. The highest BCUT2D eigenvalue weighted by molar-refractivity contribution is 5.97. The van der Waals surface area contributed by atoms with Crippen molar-refractivity contribution in [1.29, 1.82) is 0 Å². The lowest BCUT2D eigenvalue weighted by molar-refractivity contribution is -0.121. The van der Waals surface area contributed by atoms with Gasteiger partial charge in [-0.25, -0.2) is 0 Å². The molecule has 184 valence electrons. The van der Waals surface area contributed by atoms with E-state index < -0.39 is 5.91 Å². The summed E-state index contributed by atoms with van der Waals surface area (Å²) in [6.07, 6.45) is 0. The van der Waals surface area contributed by atoms with Crippen molar-refractivity contribution in [3.8, 4) is 17.2 Å². The highest BCUT2D eigenvalue weighted by atomic mass is 16.5. The van der Waals surface area contributed by atoms with Gasteiger partial charge in [0.05, 0.1) is 33.9 Å². The second-order valence-corrected chi connectivity index (χ2v) is 8.23. The Kier molecular flexibility index (Phi) is 9.12. The van der Waals surface area contributed by atoms with E-state index >= 15 is 0 Å². The molecule has 0 aromatic heterocycles. The molecule has 9 nitrogen and oxygen atoms in total. The molecular formula is C25H34N4O5. The number of benzene rings is 2. The molecule has 9 heteroatoms. The van der Waals surface area contributed by atoms with Crippen molar-refractivity contribution in [1.82, 2.24) is 20.4 Å². The minimum absolute atomic E-state index is 0.151. The van der Waals surface area contributed by atoms with Crippen LogP contribution in [0.1, 0.15) is 22.0 Å². The van der Waals surface area contributed by atoms with Gasteiger partial charge in [-0.15, -0.1) is 0 Å². The van der Waals surface area contributed by atoms with Crippen LogP contribution in [0, 0.1) is 0 Å². The average molecular weight is 471 g/mol. The molecule has 2 N–H and O–H groups in total. The second-order valence-electron chi connectivity index (χ2n) is 8.23. The molecule has 0 aliphatic carbocycles. The smallest absolute Gasteiger partial charge is 0.251 e. The molecule has 0 saturated carbocycles. The van der Waals surface area contributed by atoms with Gasteiger partial charge in [0.25, 0.3) is 5.91 Å². The number of carbonyl (C=O) groups is 2. The van der Waals surface area contributed by atoms with E-state index in [1.165, 1.54) is 21.3 Å². The standard InChI is InChI=1S/C25H34N4O5/c1-28-10-12-29(13-11-28)17-20(18-8-6-5-7-9-18)27-23(30)16-26-25(31)19-14-21(32-2)24(34-4)22(15-19)33-3/h5-9,14-15,20H,10-13,16-17H2,1-4H3,(H,26,31)(H,27,30). The van der Waals surface area contributed by atoms with Gasteiger partial charge in [-0.2, -0.15) is 0 Å². The average Bonchev–Trinajstić information content (AvgIpc) is 2.87. The minimum atomic E-state index is -0.412. The molecule has 2 aromatic rings. The zero-order valence-corrected chi connectivity index (χ0v) is 20.3. The van der Waals surface area contributed by atoms with E-state index in [-0.39, 0.29) is 18.5 Å². The summed E-state index contributed by atoms with van der Waals surface area (Å²) in [6.45, 7) is 4.47. The van der Waals surface area contributed by atoms with E-state index in [9.17, 15) is 9.59 Å². The van der Waals surface area contributed by atoms with Gasteiger partial charge in [-0.1, -0.05) is 30.3 Å². The number of likely N-dealkylation sites (N-methyl/N-ethyl adjacent to an activating group) is 1. The van der Waals surface area contributed by atoms with E-state index in [1.807, 2.05) is 30.3 Å². The second kappa shape index (κ2) is 12.2. The third kappa shape index (κ3) is 6.61. The number of hydrogen-bond donors (Lipinski definition) is 2. The Morgan fingerprint density at radius 2 is 1.56 bits per heavy atom. The summed E-state index contributed by atoms with van der Waals surface area (Å²) in [5.74, 6) is 0.461. The molecule has 1 aliphatic rings. The number of methoxy groups -OCH3 is 3. The molecule has 0 radical (unpaired) electrons. The van der Waals surface area contributed by atoms with Crippen LogP contribution < -0.4 is 24.8 Å². The Labute approximate surface area is 201 Å². The molecule has 0 spiro atoms. The Hall–Kier alpha value is -3.30. The first kappa shape index (κ1) is 25.3. The number of ether oxygens (including phenoxy) is 3. The molecule has 34 heavy (non-hydrogen) atoms. The minimum Gasteiger partial charge on any atom is -0.493 e. The normalized spacial score (nSPS) is 15.3. The summed E-state index contributed by atoms with van der Waals surface area (Å²) >= 11 is 0. The number of rotatable bonds is 10. The van der Waals surface area contributed by atoms with Gasteiger partial charge in [0.1, 0.15) is 0 Å². The van der Waals surface area contributed by atoms with E-state index in [0.29, 0.717) is 29.4 Å². The van der Waals surface area contributed by atoms with Crippen LogP contribution in [0.5, 0.6) is 17.2 Å². The maximum absolute atomic E-state index is 12.8. The highest BCUT2D eigenvalue weighted by Gasteiger charge is 2.22. The third-order valence-electron chi connectivity index (χ3n) is 5.91. The SMILES string of the molecule is COc1cc(C(=O)NCC(=O)NC(CN2CCN(C)CC2)c2ccccc2)cc(OC)c1OC. The predicted octanol–water partition coefficient (Wildman–Crippen LogP) is 1.55. The summed E-state index contributed by atoms with van der Waals surface area (Å²) in [5, 5.41) is 5.77. The molecule has 2 amide bonds. The van der Waals surface area contributed by atoms with Crippen molar-refractivity contribution in [3.63, 3.8) is 0 Å². The van der Waals surface area contributed by atoms with Crippen molar-refractivity contribution >= 4 is 11.8 Å². The number of nitrogens with one attached hydrogen (secondary N) is 2. The third-order valence-corrected chi connectivity index (χ3v) is 5.91. The van der Waals surface area contributed by atoms with Gasteiger partial charge in [0.2, 0.25) is 11.7 Å². The van der Waals surface area contributed by atoms with Crippen molar-refractivity contribution < 1.29 is 23.8 Å². The molecule has 2 aromatic carbocycles. The Bertz CT molecular complexity index is 936. The molecule has 0 bridgehead atoms. The van der Waals surface area contributed by atoms with E-state index in [0.717, 1.165) is 31.7 Å². The first-order valence-corrected chi connectivity index (χ1v) is 11.3. The van der Waals surface area contributed by atoms with Gasteiger partial charge in [0.15, 0.2) is 11.5 Å². The van der Waals surface area contributed by atoms with Crippen LogP contribution >= 0.6 is 0 Å². The maximum Gasteiger partial charge on any atom is 0.251 e. The zero-order chi connectivity index (χ0) is 24.5. The lowest BCUT2D eigenvalue weighted by Crippen LogP contribution is -2.48. The van der Waals surface area contributed by atoms with Crippen LogP contribution in [-0.2, 0) is 4.79 Å². The van der Waals surface area contributed by atoms with E-state index in [2.05, 4.69) is 27.5 Å². The Morgan fingerprint density at radius 3 is 2.12 bits per heavy atom. The molecule has 1 unspecified atom stereocenters. The molecule has 1 saturated heterocycles.